The molecule has 1 aliphatic heterocycles. The summed E-state index contributed by atoms with van der Waals surface area (Å²) in [6.45, 7) is 1.73. The van der Waals surface area contributed by atoms with E-state index in [4.69, 9.17) is 4.74 Å². The van der Waals surface area contributed by atoms with Crippen molar-refractivity contribution in [2.45, 2.75) is 0 Å². The summed E-state index contributed by atoms with van der Waals surface area (Å²) in [5.41, 5.74) is 1.08. The minimum Gasteiger partial charge on any atom is -0.497 e. The van der Waals surface area contributed by atoms with Crippen molar-refractivity contribution >= 4 is 17.7 Å². The van der Waals surface area contributed by atoms with E-state index in [9.17, 15) is 14.4 Å². The van der Waals surface area contributed by atoms with Gasteiger partial charge in [-0.2, -0.15) is 0 Å². The number of amides is 3. The Bertz CT molecular complexity index is 846. The van der Waals surface area contributed by atoms with Crippen molar-refractivity contribution in [3.8, 4) is 5.75 Å². The van der Waals surface area contributed by atoms with E-state index in [1.54, 1.807) is 65.4 Å². The highest BCUT2D eigenvalue weighted by Gasteiger charge is 2.25. The van der Waals surface area contributed by atoms with Gasteiger partial charge >= 0.3 is 0 Å². The Morgan fingerprint density at radius 3 is 2.21 bits per heavy atom. The van der Waals surface area contributed by atoms with Crippen molar-refractivity contribution in [3.63, 3.8) is 0 Å². The molecule has 7 heteroatoms. The predicted molar refractivity (Wildman–Crippen MR) is 104 cm³/mol. The lowest BCUT2D eigenvalue weighted by atomic mass is 10.1. The molecule has 2 aromatic carbocycles. The number of hydrogen-bond acceptors (Lipinski definition) is 4. The lowest BCUT2D eigenvalue weighted by Gasteiger charge is -2.35. The highest BCUT2D eigenvalue weighted by atomic mass is 16.5. The highest BCUT2D eigenvalue weighted by molar-refractivity contribution is 5.96. The van der Waals surface area contributed by atoms with Gasteiger partial charge in [-0.25, -0.2) is 0 Å². The normalized spacial score (nSPS) is 13.8. The van der Waals surface area contributed by atoms with Crippen LogP contribution in [0.3, 0.4) is 0 Å². The first kappa shape index (κ1) is 19.4. The van der Waals surface area contributed by atoms with Gasteiger partial charge in [0.15, 0.2) is 0 Å². The van der Waals surface area contributed by atoms with Crippen molar-refractivity contribution in [1.82, 2.24) is 15.1 Å². The number of nitrogens with zero attached hydrogens (tertiary/aromatic N) is 2. The lowest BCUT2D eigenvalue weighted by molar-refractivity contribution is -0.131. The van der Waals surface area contributed by atoms with Crippen LogP contribution in [0, 0.1) is 0 Å². The number of benzene rings is 2. The summed E-state index contributed by atoms with van der Waals surface area (Å²) in [6, 6.07) is 15.8. The first-order valence-electron chi connectivity index (χ1n) is 9.13. The Morgan fingerprint density at radius 2 is 1.54 bits per heavy atom. The van der Waals surface area contributed by atoms with Gasteiger partial charge < -0.3 is 19.9 Å². The maximum absolute atomic E-state index is 12.6. The van der Waals surface area contributed by atoms with Crippen LogP contribution in [-0.2, 0) is 4.79 Å². The predicted octanol–water partition coefficient (Wildman–Crippen LogP) is 1.41. The summed E-state index contributed by atoms with van der Waals surface area (Å²) in [5.74, 6) is 0.121. The first-order valence-corrected chi connectivity index (χ1v) is 9.13. The molecule has 1 N–H and O–H groups in total. The van der Waals surface area contributed by atoms with Crippen LogP contribution < -0.4 is 10.1 Å². The first-order chi connectivity index (χ1) is 13.6. The molecule has 1 heterocycles. The van der Waals surface area contributed by atoms with Gasteiger partial charge in [-0.3, -0.25) is 14.4 Å². The quantitative estimate of drug-likeness (QED) is 0.849. The summed E-state index contributed by atoms with van der Waals surface area (Å²) < 4.78 is 5.16. The van der Waals surface area contributed by atoms with Gasteiger partial charge in [-0.15, -0.1) is 0 Å². The maximum Gasteiger partial charge on any atom is 0.254 e. The fourth-order valence-corrected chi connectivity index (χ4v) is 3.06. The zero-order valence-corrected chi connectivity index (χ0v) is 15.8. The van der Waals surface area contributed by atoms with E-state index in [1.807, 2.05) is 6.07 Å². The monoisotopic (exact) mass is 381 g/mol. The summed E-state index contributed by atoms with van der Waals surface area (Å²) in [5, 5.41) is 2.64. The maximum atomic E-state index is 12.6. The molecule has 0 radical (unpaired) electrons. The van der Waals surface area contributed by atoms with Crippen molar-refractivity contribution in [2.24, 2.45) is 0 Å². The third kappa shape index (κ3) is 4.68. The smallest absolute Gasteiger partial charge is 0.254 e. The summed E-state index contributed by atoms with van der Waals surface area (Å²) in [6.07, 6.45) is 0. The van der Waals surface area contributed by atoms with Crippen LogP contribution in [0.1, 0.15) is 20.7 Å². The van der Waals surface area contributed by atoms with Crippen LogP contribution in [0.5, 0.6) is 5.75 Å². The molecule has 0 aromatic heterocycles. The van der Waals surface area contributed by atoms with Crippen LogP contribution in [-0.4, -0.2) is 67.4 Å². The van der Waals surface area contributed by atoms with E-state index in [-0.39, 0.29) is 24.3 Å². The number of carbonyl (C=O) groups is 3. The molecule has 2 aromatic rings. The van der Waals surface area contributed by atoms with Gasteiger partial charge in [0.05, 0.1) is 13.7 Å². The molecule has 1 saturated heterocycles. The molecule has 3 amide bonds. The second-order valence-electron chi connectivity index (χ2n) is 6.45. The summed E-state index contributed by atoms with van der Waals surface area (Å²) >= 11 is 0. The van der Waals surface area contributed by atoms with E-state index >= 15 is 0 Å². The third-order valence-electron chi connectivity index (χ3n) is 4.67. The molecule has 28 heavy (non-hydrogen) atoms. The number of ether oxygens (including phenoxy) is 1. The SMILES string of the molecule is COc1cccc(C(=O)N2CCN(C(=O)CNC(=O)c3ccccc3)CC2)c1. The van der Waals surface area contributed by atoms with Crippen LogP contribution >= 0.6 is 0 Å². The summed E-state index contributed by atoms with van der Waals surface area (Å²) in [7, 11) is 1.56. The molecule has 0 atom stereocenters. The van der Waals surface area contributed by atoms with E-state index in [2.05, 4.69) is 5.32 Å². The Hall–Kier alpha value is -3.35. The largest absolute Gasteiger partial charge is 0.497 e. The zero-order valence-electron chi connectivity index (χ0n) is 15.8. The minimum absolute atomic E-state index is 0.0580. The highest BCUT2D eigenvalue weighted by Crippen LogP contribution is 2.15. The van der Waals surface area contributed by atoms with Gasteiger partial charge in [-0.1, -0.05) is 24.3 Å². The lowest BCUT2D eigenvalue weighted by Crippen LogP contribution is -2.52. The fraction of sp³-hybridized carbons (Fsp3) is 0.286. The van der Waals surface area contributed by atoms with Gasteiger partial charge in [-0.05, 0) is 30.3 Å². The van der Waals surface area contributed by atoms with Crippen molar-refractivity contribution in [2.75, 3.05) is 39.8 Å². The van der Waals surface area contributed by atoms with Crippen LogP contribution in [0.4, 0.5) is 0 Å². The van der Waals surface area contributed by atoms with Crippen molar-refractivity contribution in [1.29, 1.82) is 0 Å². The molecule has 7 nitrogen and oxygen atoms in total. The van der Waals surface area contributed by atoms with Crippen molar-refractivity contribution < 1.29 is 19.1 Å². The second-order valence-corrected chi connectivity index (χ2v) is 6.45. The standard InChI is InChI=1S/C21H23N3O4/c1-28-18-9-5-8-17(14-18)21(27)24-12-10-23(11-13-24)19(25)15-22-20(26)16-6-3-2-4-7-16/h2-9,14H,10-13,15H2,1H3,(H,22,26). The molecule has 0 aliphatic carbocycles. The van der Waals surface area contributed by atoms with Gasteiger partial charge in [0.2, 0.25) is 5.91 Å². The molecule has 0 spiro atoms. The van der Waals surface area contributed by atoms with Gasteiger partial charge in [0.1, 0.15) is 5.75 Å². The second kappa shape index (κ2) is 9.03. The van der Waals surface area contributed by atoms with Crippen LogP contribution in [0.15, 0.2) is 54.6 Å². The molecule has 0 bridgehead atoms. The summed E-state index contributed by atoms with van der Waals surface area (Å²) in [4.78, 5) is 40.4. The van der Waals surface area contributed by atoms with E-state index in [0.717, 1.165) is 0 Å². The molecule has 0 saturated carbocycles. The Labute approximate surface area is 163 Å². The van der Waals surface area contributed by atoms with Crippen LogP contribution in [0.2, 0.25) is 0 Å². The third-order valence-corrected chi connectivity index (χ3v) is 4.67. The Morgan fingerprint density at radius 1 is 0.893 bits per heavy atom. The molecule has 0 unspecified atom stereocenters. The molecule has 3 rings (SSSR count). The zero-order chi connectivity index (χ0) is 19.9. The van der Waals surface area contributed by atoms with E-state index in [1.165, 1.54) is 0 Å². The van der Waals surface area contributed by atoms with Gasteiger partial charge in [0, 0.05) is 37.3 Å². The molecule has 1 fully saturated rings. The number of nitrogens with one attached hydrogen (secondary N) is 1. The molecular weight excluding hydrogens is 358 g/mol. The van der Waals surface area contributed by atoms with Crippen LogP contribution in [0.25, 0.3) is 0 Å². The molecule has 1 aliphatic rings. The topological polar surface area (TPSA) is 79.0 Å². The number of rotatable bonds is 5. The number of carbonyl (C=O) groups excluding carboxylic acids is 3. The minimum atomic E-state index is -0.277. The Balaban J connectivity index is 1.48. The average molecular weight is 381 g/mol. The van der Waals surface area contributed by atoms with E-state index < -0.39 is 0 Å². The van der Waals surface area contributed by atoms with Crippen molar-refractivity contribution in [3.05, 3.63) is 65.7 Å². The fourth-order valence-electron chi connectivity index (χ4n) is 3.06. The van der Waals surface area contributed by atoms with E-state index in [0.29, 0.717) is 43.1 Å². The number of hydrogen-bond donors (Lipinski definition) is 1. The van der Waals surface area contributed by atoms with Gasteiger partial charge in [0.25, 0.3) is 11.8 Å². The Kier molecular flexibility index (Phi) is 6.26. The number of methoxy groups -OCH3 is 1. The molecular formula is C21H23N3O4. The molecule has 146 valence electrons. The average Bonchev–Trinajstić information content (AvgIpc) is 2.77. The number of piperazine rings is 1.